The fourth-order valence-electron chi connectivity index (χ4n) is 1.38. The summed E-state index contributed by atoms with van der Waals surface area (Å²) in [5.74, 6) is 0.170. The smallest absolute Gasteiger partial charge is 0.220 e. The van der Waals surface area contributed by atoms with Gasteiger partial charge in [-0.15, -0.1) is 0 Å². The highest BCUT2D eigenvalue weighted by Crippen LogP contribution is 2.25. The Balaban J connectivity index is 2.34. The van der Waals surface area contributed by atoms with E-state index in [2.05, 4.69) is 12.2 Å². The van der Waals surface area contributed by atoms with Crippen molar-refractivity contribution in [1.29, 1.82) is 0 Å². The fraction of sp³-hybridized carbons (Fsp3) is 0.889. The lowest BCUT2D eigenvalue weighted by molar-refractivity contribution is -0.125. The molecule has 1 rings (SSSR count). The zero-order chi connectivity index (χ0) is 9.03. The van der Waals surface area contributed by atoms with E-state index in [0.717, 1.165) is 26.2 Å². The zero-order valence-corrected chi connectivity index (χ0v) is 7.85. The minimum Gasteiger partial charge on any atom is -0.381 e. The predicted octanol–water partition coefficient (Wildman–Crippen LogP) is 0.939. The van der Waals surface area contributed by atoms with Gasteiger partial charge in [-0.05, 0) is 13.3 Å². The van der Waals surface area contributed by atoms with E-state index in [1.807, 2.05) is 6.92 Å². The number of piperidine rings is 1. The number of amides is 1. The Bertz CT molecular complexity index is 158. The van der Waals surface area contributed by atoms with Gasteiger partial charge in [0.15, 0.2) is 0 Å². The molecule has 3 heteroatoms. The standard InChI is InChI=1S/C9H17NO2/c1-3-12-7-9(2)5-4-8(11)10-6-9/h3-7H2,1-2H3,(H,10,11). The van der Waals surface area contributed by atoms with Gasteiger partial charge in [-0.3, -0.25) is 4.79 Å². The zero-order valence-electron chi connectivity index (χ0n) is 7.85. The summed E-state index contributed by atoms with van der Waals surface area (Å²) < 4.78 is 5.36. The first-order valence-corrected chi connectivity index (χ1v) is 4.51. The van der Waals surface area contributed by atoms with Gasteiger partial charge in [0.25, 0.3) is 0 Å². The third-order valence-corrected chi connectivity index (χ3v) is 2.32. The molecule has 0 aliphatic carbocycles. The van der Waals surface area contributed by atoms with Crippen molar-refractivity contribution in [2.24, 2.45) is 5.41 Å². The number of carbonyl (C=O) groups excluding carboxylic acids is 1. The quantitative estimate of drug-likeness (QED) is 0.686. The second-order valence-electron chi connectivity index (χ2n) is 3.72. The Labute approximate surface area is 73.5 Å². The molecule has 1 aliphatic rings. The Hall–Kier alpha value is -0.570. The lowest BCUT2D eigenvalue weighted by Crippen LogP contribution is -2.44. The molecule has 1 amide bonds. The first-order chi connectivity index (χ1) is 5.66. The van der Waals surface area contributed by atoms with Crippen molar-refractivity contribution in [2.45, 2.75) is 26.7 Å². The van der Waals surface area contributed by atoms with E-state index in [-0.39, 0.29) is 11.3 Å². The molecule has 1 N–H and O–H groups in total. The molecule has 1 unspecified atom stereocenters. The van der Waals surface area contributed by atoms with Crippen LogP contribution in [0.1, 0.15) is 26.7 Å². The summed E-state index contributed by atoms with van der Waals surface area (Å²) in [6.07, 6.45) is 1.59. The summed E-state index contributed by atoms with van der Waals surface area (Å²) in [6, 6.07) is 0. The minimum absolute atomic E-state index is 0.157. The van der Waals surface area contributed by atoms with E-state index in [9.17, 15) is 4.79 Å². The van der Waals surface area contributed by atoms with Crippen LogP contribution in [0.4, 0.5) is 0 Å². The SMILES string of the molecule is CCOCC1(C)CCC(=O)NC1. The summed E-state index contributed by atoms with van der Waals surface area (Å²) in [5.41, 5.74) is 0.157. The normalized spacial score (nSPS) is 30.0. The monoisotopic (exact) mass is 171 g/mol. The van der Waals surface area contributed by atoms with Gasteiger partial charge in [-0.25, -0.2) is 0 Å². The number of hydrogen-bond acceptors (Lipinski definition) is 2. The van der Waals surface area contributed by atoms with Crippen molar-refractivity contribution in [3.05, 3.63) is 0 Å². The van der Waals surface area contributed by atoms with Gasteiger partial charge < -0.3 is 10.1 Å². The first-order valence-electron chi connectivity index (χ1n) is 4.51. The maximum absolute atomic E-state index is 10.9. The third kappa shape index (κ3) is 2.48. The Morgan fingerprint density at radius 2 is 2.42 bits per heavy atom. The number of hydrogen-bond donors (Lipinski definition) is 1. The second-order valence-corrected chi connectivity index (χ2v) is 3.72. The number of ether oxygens (including phenoxy) is 1. The molecule has 0 spiro atoms. The first kappa shape index (κ1) is 9.52. The summed E-state index contributed by atoms with van der Waals surface area (Å²) in [5, 5.41) is 2.86. The molecule has 0 aromatic heterocycles. The Morgan fingerprint density at radius 1 is 1.67 bits per heavy atom. The van der Waals surface area contributed by atoms with Crippen LogP contribution in [0, 0.1) is 5.41 Å². The van der Waals surface area contributed by atoms with Crippen molar-refractivity contribution < 1.29 is 9.53 Å². The molecule has 1 atom stereocenters. The third-order valence-electron chi connectivity index (χ3n) is 2.32. The van der Waals surface area contributed by atoms with Crippen LogP contribution >= 0.6 is 0 Å². The van der Waals surface area contributed by atoms with E-state index in [0.29, 0.717) is 6.42 Å². The van der Waals surface area contributed by atoms with E-state index in [4.69, 9.17) is 4.74 Å². The molecule has 3 nitrogen and oxygen atoms in total. The highest BCUT2D eigenvalue weighted by Gasteiger charge is 2.29. The average Bonchev–Trinajstić information content (AvgIpc) is 2.08. The van der Waals surface area contributed by atoms with E-state index in [1.54, 1.807) is 0 Å². The number of nitrogens with one attached hydrogen (secondary N) is 1. The van der Waals surface area contributed by atoms with Gasteiger partial charge in [0, 0.05) is 25.0 Å². The van der Waals surface area contributed by atoms with Crippen LogP contribution in [0.2, 0.25) is 0 Å². The highest BCUT2D eigenvalue weighted by molar-refractivity contribution is 5.76. The molecule has 1 saturated heterocycles. The fourth-order valence-corrected chi connectivity index (χ4v) is 1.38. The molecular formula is C9H17NO2. The van der Waals surface area contributed by atoms with Crippen LogP contribution in [0.3, 0.4) is 0 Å². The van der Waals surface area contributed by atoms with Gasteiger partial charge in [0.1, 0.15) is 0 Å². The number of rotatable bonds is 3. The van der Waals surface area contributed by atoms with Crippen molar-refractivity contribution in [3.8, 4) is 0 Å². The van der Waals surface area contributed by atoms with Gasteiger partial charge in [-0.1, -0.05) is 6.92 Å². The molecule has 1 aliphatic heterocycles. The minimum atomic E-state index is 0.157. The second kappa shape index (κ2) is 3.90. The van der Waals surface area contributed by atoms with E-state index in [1.165, 1.54) is 0 Å². The average molecular weight is 171 g/mol. The van der Waals surface area contributed by atoms with Crippen molar-refractivity contribution in [2.75, 3.05) is 19.8 Å². The topological polar surface area (TPSA) is 38.3 Å². The summed E-state index contributed by atoms with van der Waals surface area (Å²) in [4.78, 5) is 10.9. The summed E-state index contributed by atoms with van der Waals surface area (Å²) in [7, 11) is 0. The predicted molar refractivity (Wildman–Crippen MR) is 46.8 cm³/mol. The van der Waals surface area contributed by atoms with Crippen LogP contribution < -0.4 is 5.32 Å². The molecule has 12 heavy (non-hydrogen) atoms. The largest absolute Gasteiger partial charge is 0.381 e. The van der Waals surface area contributed by atoms with Crippen LogP contribution in [0.25, 0.3) is 0 Å². The lowest BCUT2D eigenvalue weighted by Gasteiger charge is -2.33. The maximum Gasteiger partial charge on any atom is 0.220 e. The Morgan fingerprint density at radius 3 is 2.92 bits per heavy atom. The molecule has 0 bridgehead atoms. The molecule has 0 saturated carbocycles. The summed E-state index contributed by atoms with van der Waals surface area (Å²) in [6.45, 7) is 6.41. The van der Waals surface area contributed by atoms with Gasteiger partial charge >= 0.3 is 0 Å². The molecule has 1 heterocycles. The molecule has 0 radical (unpaired) electrons. The van der Waals surface area contributed by atoms with Crippen molar-refractivity contribution in [3.63, 3.8) is 0 Å². The van der Waals surface area contributed by atoms with Crippen molar-refractivity contribution in [1.82, 2.24) is 5.32 Å². The molecule has 0 aromatic carbocycles. The van der Waals surface area contributed by atoms with Crippen LogP contribution in [0.15, 0.2) is 0 Å². The Kier molecular flexibility index (Phi) is 3.09. The highest BCUT2D eigenvalue weighted by atomic mass is 16.5. The molecule has 70 valence electrons. The van der Waals surface area contributed by atoms with Crippen LogP contribution in [0.5, 0.6) is 0 Å². The van der Waals surface area contributed by atoms with Crippen LogP contribution in [-0.4, -0.2) is 25.7 Å². The molecule has 1 fully saturated rings. The maximum atomic E-state index is 10.9. The van der Waals surface area contributed by atoms with Gasteiger partial charge in [0.2, 0.25) is 5.91 Å². The van der Waals surface area contributed by atoms with Crippen molar-refractivity contribution >= 4 is 5.91 Å². The summed E-state index contributed by atoms with van der Waals surface area (Å²) >= 11 is 0. The van der Waals surface area contributed by atoms with E-state index < -0.39 is 0 Å². The molecule has 0 aromatic rings. The number of carbonyl (C=O) groups is 1. The lowest BCUT2D eigenvalue weighted by atomic mass is 9.83. The van der Waals surface area contributed by atoms with Gasteiger partial charge in [-0.2, -0.15) is 0 Å². The molecular weight excluding hydrogens is 154 g/mol. The van der Waals surface area contributed by atoms with Crippen LogP contribution in [-0.2, 0) is 9.53 Å². The van der Waals surface area contributed by atoms with Gasteiger partial charge in [0.05, 0.1) is 6.61 Å². The van der Waals surface area contributed by atoms with E-state index >= 15 is 0 Å².